The lowest BCUT2D eigenvalue weighted by molar-refractivity contribution is 0.378. The number of allylic oxidation sites excluding steroid dienone is 1. The van der Waals surface area contributed by atoms with E-state index in [1.54, 1.807) is 6.21 Å². The van der Waals surface area contributed by atoms with Gasteiger partial charge in [0, 0.05) is 45.4 Å². The number of fused-ring (bicyclic) bond motifs is 6. The molecule has 0 aliphatic heterocycles. The van der Waals surface area contributed by atoms with Crippen LogP contribution in [-0.2, 0) is 18.3 Å². The Morgan fingerprint density at radius 1 is 0.571 bits per heavy atom. The number of nitrogens with two attached hydrogens (primary N) is 1. The first-order chi connectivity index (χ1) is 30.1. The summed E-state index contributed by atoms with van der Waals surface area (Å²) in [5.74, 6) is 2.86. The summed E-state index contributed by atoms with van der Waals surface area (Å²) in [4.78, 5) is 15.6. The summed E-state index contributed by atoms with van der Waals surface area (Å²) >= 11 is 0. The summed E-state index contributed by atoms with van der Waals surface area (Å²) in [6.45, 7) is 18.2. The van der Waals surface area contributed by atoms with E-state index in [0.29, 0.717) is 11.6 Å². The Morgan fingerprint density at radius 2 is 1.05 bits per heavy atom. The van der Waals surface area contributed by atoms with Crippen LogP contribution in [0.25, 0.3) is 61.1 Å². The van der Waals surface area contributed by atoms with Crippen LogP contribution in [0.4, 0.5) is 5.82 Å². The SMILES string of the molecule is CC(C)(C)CCc1cc(N=CC=C(N)n2c3ccccc3c3ccccc32)nc(C(C)(C)c2cc(CCC(C)(C)C)cc(-n3ccc(-n4c5ccccc5c5ccccc54)n3)n2)c1. The van der Waals surface area contributed by atoms with Crippen LogP contribution in [0.5, 0.6) is 0 Å². The smallest absolute Gasteiger partial charge is 0.160 e. The van der Waals surface area contributed by atoms with Crippen LogP contribution in [0.2, 0.25) is 0 Å². The maximum Gasteiger partial charge on any atom is 0.160 e. The van der Waals surface area contributed by atoms with E-state index in [-0.39, 0.29) is 10.8 Å². The molecule has 0 spiro atoms. The minimum absolute atomic E-state index is 0.168. The standard InChI is InChI=1S/C55H58N8/c1-53(2,3)29-25-37-33-47(58-50(35-37)57-31-27-49(56)62-43-21-13-9-17-39(43)40-18-10-14-22-44(40)62)55(7,8)48-34-38(26-30-54(4,5)6)36-52(59-48)61-32-28-51(60-61)63-45-23-15-11-19-41(45)42-20-12-16-24-46(42)63/h9-24,27-28,31-36H,25-26,29-30,56H2,1-8H3. The zero-order valence-electron chi connectivity index (χ0n) is 37.9. The number of benzene rings is 4. The highest BCUT2D eigenvalue weighted by Gasteiger charge is 2.29. The van der Waals surface area contributed by atoms with Crippen LogP contribution in [0.15, 0.2) is 145 Å². The summed E-state index contributed by atoms with van der Waals surface area (Å²) < 4.78 is 6.27. The van der Waals surface area contributed by atoms with E-state index in [1.165, 1.54) is 21.9 Å². The van der Waals surface area contributed by atoms with Crippen molar-refractivity contribution in [1.29, 1.82) is 0 Å². The molecule has 4 aromatic carbocycles. The lowest BCUT2D eigenvalue weighted by atomic mass is 9.82. The maximum absolute atomic E-state index is 6.84. The number of aryl methyl sites for hydroxylation is 2. The topological polar surface area (TPSA) is 91.8 Å². The van der Waals surface area contributed by atoms with Gasteiger partial charge < -0.3 is 5.73 Å². The second kappa shape index (κ2) is 16.2. The third-order valence-electron chi connectivity index (χ3n) is 12.3. The quantitative estimate of drug-likeness (QED) is 0.131. The molecule has 318 valence electrons. The normalized spacial score (nSPS) is 13.1. The van der Waals surface area contributed by atoms with Crippen LogP contribution in [0.3, 0.4) is 0 Å². The minimum Gasteiger partial charge on any atom is -0.385 e. The van der Waals surface area contributed by atoms with Gasteiger partial charge >= 0.3 is 0 Å². The van der Waals surface area contributed by atoms with Crippen LogP contribution < -0.4 is 5.73 Å². The Hall–Kier alpha value is -6.80. The molecule has 63 heavy (non-hydrogen) atoms. The molecule has 0 saturated heterocycles. The molecule has 0 atom stereocenters. The molecule has 0 radical (unpaired) electrons. The lowest BCUT2D eigenvalue weighted by Gasteiger charge is -2.27. The molecule has 8 heteroatoms. The van der Waals surface area contributed by atoms with Crippen molar-refractivity contribution < 1.29 is 0 Å². The van der Waals surface area contributed by atoms with Crippen molar-refractivity contribution >= 4 is 61.5 Å². The van der Waals surface area contributed by atoms with Gasteiger partial charge in [-0.15, -0.1) is 5.10 Å². The summed E-state index contributed by atoms with van der Waals surface area (Å²) in [7, 11) is 0. The molecule has 0 aliphatic rings. The molecule has 0 fully saturated rings. The number of aliphatic imine (C=N–C) groups is 1. The van der Waals surface area contributed by atoms with Crippen molar-refractivity contribution in [3.05, 3.63) is 162 Å². The number of nitrogens with zero attached hydrogens (tertiary/aromatic N) is 7. The number of aromatic nitrogens is 6. The van der Waals surface area contributed by atoms with Gasteiger partial charge in [0.25, 0.3) is 0 Å². The monoisotopic (exact) mass is 830 g/mol. The molecule has 9 rings (SSSR count). The lowest BCUT2D eigenvalue weighted by Crippen LogP contribution is -2.24. The Kier molecular flexibility index (Phi) is 10.7. The van der Waals surface area contributed by atoms with Gasteiger partial charge in [-0.3, -0.25) is 9.13 Å². The van der Waals surface area contributed by atoms with Crippen LogP contribution in [0, 0.1) is 10.8 Å². The Bertz CT molecular complexity index is 3090. The van der Waals surface area contributed by atoms with Gasteiger partial charge in [0.2, 0.25) is 0 Å². The van der Waals surface area contributed by atoms with Gasteiger partial charge in [0.1, 0.15) is 5.82 Å². The third kappa shape index (κ3) is 8.42. The molecule has 5 heterocycles. The highest BCUT2D eigenvalue weighted by atomic mass is 15.3. The van der Waals surface area contributed by atoms with E-state index in [0.717, 1.165) is 81.5 Å². The second-order valence-corrected chi connectivity index (χ2v) is 19.9. The molecule has 5 aromatic heterocycles. The Labute approximate surface area is 370 Å². The molecular formula is C55H58N8. The van der Waals surface area contributed by atoms with E-state index in [1.807, 2.05) is 29.1 Å². The summed E-state index contributed by atoms with van der Waals surface area (Å²) in [5.41, 5.74) is 15.2. The molecule has 2 N–H and O–H groups in total. The van der Waals surface area contributed by atoms with Crippen molar-refractivity contribution in [2.75, 3.05) is 0 Å². The highest BCUT2D eigenvalue weighted by Crippen LogP contribution is 2.36. The molecule has 0 saturated carbocycles. The van der Waals surface area contributed by atoms with Gasteiger partial charge in [-0.25, -0.2) is 19.6 Å². The number of rotatable bonds is 11. The van der Waals surface area contributed by atoms with Crippen LogP contribution in [-0.4, -0.2) is 35.1 Å². The summed E-state index contributed by atoms with van der Waals surface area (Å²) in [6, 6.07) is 44.7. The fraction of sp³-hybridized carbons (Fsp3) is 0.273. The van der Waals surface area contributed by atoms with Gasteiger partial charge in [-0.05, 0) is 116 Å². The van der Waals surface area contributed by atoms with Gasteiger partial charge in [0.05, 0.1) is 33.5 Å². The first-order valence-electron chi connectivity index (χ1n) is 22.2. The average Bonchev–Trinajstić information content (AvgIpc) is 3.97. The average molecular weight is 831 g/mol. The van der Waals surface area contributed by atoms with E-state index in [2.05, 4.69) is 180 Å². The molecule has 0 amide bonds. The zero-order chi connectivity index (χ0) is 44.1. The molecule has 0 bridgehead atoms. The second-order valence-electron chi connectivity index (χ2n) is 19.9. The van der Waals surface area contributed by atoms with Gasteiger partial charge in [-0.1, -0.05) is 114 Å². The van der Waals surface area contributed by atoms with E-state index in [9.17, 15) is 0 Å². The summed E-state index contributed by atoms with van der Waals surface area (Å²) in [6.07, 6.45) is 9.56. The predicted molar refractivity (Wildman–Crippen MR) is 264 cm³/mol. The number of para-hydroxylation sites is 4. The van der Waals surface area contributed by atoms with Crippen LogP contribution >= 0.6 is 0 Å². The zero-order valence-corrected chi connectivity index (χ0v) is 37.9. The van der Waals surface area contributed by atoms with Crippen molar-refractivity contribution in [2.45, 2.75) is 86.5 Å². The number of hydrogen-bond acceptors (Lipinski definition) is 5. The van der Waals surface area contributed by atoms with Crippen LogP contribution in [0.1, 0.15) is 90.7 Å². The van der Waals surface area contributed by atoms with Crippen molar-refractivity contribution in [3.63, 3.8) is 0 Å². The first kappa shape index (κ1) is 41.5. The van der Waals surface area contributed by atoms with Crippen molar-refractivity contribution in [1.82, 2.24) is 28.9 Å². The number of hydrogen-bond donors (Lipinski definition) is 1. The molecule has 0 unspecified atom stereocenters. The van der Waals surface area contributed by atoms with E-state index < -0.39 is 5.41 Å². The van der Waals surface area contributed by atoms with Crippen molar-refractivity contribution in [3.8, 4) is 11.6 Å². The molecule has 0 aliphatic carbocycles. The Balaban J connectivity index is 1.11. The van der Waals surface area contributed by atoms with E-state index >= 15 is 0 Å². The third-order valence-corrected chi connectivity index (χ3v) is 12.3. The largest absolute Gasteiger partial charge is 0.385 e. The fourth-order valence-corrected chi connectivity index (χ4v) is 8.62. The number of pyridine rings is 2. The van der Waals surface area contributed by atoms with E-state index in [4.69, 9.17) is 25.8 Å². The molecule has 9 aromatic rings. The summed E-state index contributed by atoms with van der Waals surface area (Å²) in [5, 5.41) is 9.95. The molecular weight excluding hydrogens is 773 g/mol. The predicted octanol–water partition coefficient (Wildman–Crippen LogP) is 13.3. The molecule has 8 nitrogen and oxygen atoms in total. The minimum atomic E-state index is -0.574. The van der Waals surface area contributed by atoms with Gasteiger partial charge in [-0.2, -0.15) is 0 Å². The van der Waals surface area contributed by atoms with Gasteiger partial charge in [0.15, 0.2) is 17.5 Å². The highest BCUT2D eigenvalue weighted by molar-refractivity contribution is 6.10. The van der Waals surface area contributed by atoms with Crippen molar-refractivity contribution in [2.24, 2.45) is 21.6 Å². The fourth-order valence-electron chi connectivity index (χ4n) is 8.62. The first-order valence-corrected chi connectivity index (χ1v) is 22.2. The maximum atomic E-state index is 6.84. The Morgan fingerprint density at radius 3 is 1.59 bits per heavy atom.